The smallest absolute Gasteiger partial charge is 0.244 e. The van der Waals surface area contributed by atoms with Gasteiger partial charge in [-0.05, 0) is 51.0 Å². The van der Waals surface area contributed by atoms with E-state index in [0.717, 1.165) is 62.2 Å². The molecule has 2 saturated heterocycles. The number of aromatic nitrogens is 2. The van der Waals surface area contributed by atoms with Crippen molar-refractivity contribution in [3.8, 4) is 5.75 Å². The van der Waals surface area contributed by atoms with Gasteiger partial charge >= 0.3 is 0 Å². The van der Waals surface area contributed by atoms with Crippen LogP contribution in [-0.2, 0) is 14.8 Å². The minimum atomic E-state index is -3.70. The van der Waals surface area contributed by atoms with Gasteiger partial charge in [-0.3, -0.25) is 4.90 Å². The molecular weight excluding hydrogens is 590 g/mol. The first-order chi connectivity index (χ1) is 20.6. The van der Waals surface area contributed by atoms with Crippen LogP contribution in [0.2, 0.25) is 5.02 Å². The molecule has 0 unspecified atom stereocenters. The molecule has 43 heavy (non-hydrogen) atoms. The molecule has 0 bridgehead atoms. The summed E-state index contributed by atoms with van der Waals surface area (Å²) in [5.74, 6) is 1.25. The fourth-order valence-electron chi connectivity index (χ4n) is 5.35. The summed E-state index contributed by atoms with van der Waals surface area (Å²) in [5.41, 5.74) is 2.18. The van der Waals surface area contributed by atoms with Gasteiger partial charge in [-0.2, -0.15) is 4.98 Å². The van der Waals surface area contributed by atoms with Crippen LogP contribution in [0.5, 0.6) is 5.75 Å². The maximum Gasteiger partial charge on any atom is 0.244 e. The number of hydrogen-bond donors (Lipinski definition) is 2. The van der Waals surface area contributed by atoms with Gasteiger partial charge in [0.05, 0.1) is 36.9 Å². The number of rotatable bonds is 10. The third-order valence-electron chi connectivity index (χ3n) is 7.61. The molecule has 0 aliphatic carbocycles. The van der Waals surface area contributed by atoms with Crippen LogP contribution in [0.15, 0.2) is 53.6 Å². The van der Waals surface area contributed by atoms with Gasteiger partial charge in [0.15, 0.2) is 5.82 Å². The summed E-state index contributed by atoms with van der Waals surface area (Å²) in [4.78, 5) is 14.0. The molecule has 2 aromatic carbocycles. The summed E-state index contributed by atoms with van der Waals surface area (Å²) in [5, 5.41) is 6.59. The number of sulfonamides is 1. The lowest BCUT2D eigenvalue weighted by Gasteiger charge is -2.41. The lowest BCUT2D eigenvalue weighted by atomic mass is 10.0. The second-order valence-corrected chi connectivity index (χ2v) is 13.7. The Morgan fingerprint density at radius 3 is 2.44 bits per heavy atom. The first kappa shape index (κ1) is 31.3. The predicted molar refractivity (Wildman–Crippen MR) is 171 cm³/mol. The summed E-state index contributed by atoms with van der Waals surface area (Å²) in [6.07, 6.45) is 3.67. The van der Waals surface area contributed by atoms with Gasteiger partial charge in [0.2, 0.25) is 16.0 Å². The van der Waals surface area contributed by atoms with Crippen molar-refractivity contribution < 1.29 is 17.9 Å². The highest BCUT2D eigenvalue weighted by molar-refractivity contribution is 7.89. The first-order valence-corrected chi connectivity index (χ1v) is 16.4. The maximum atomic E-state index is 12.9. The van der Waals surface area contributed by atoms with Gasteiger partial charge in [0.1, 0.15) is 15.7 Å². The Morgan fingerprint density at radius 2 is 1.74 bits per heavy atom. The average Bonchev–Trinajstić information content (AvgIpc) is 3.00. The topological polar surface area (TPSA) is 112 Å². The fraction of sp³-hybridized carbons (Fsp3) is 0.467. The normalized spacial score (nSPS) is 17.0. The summed E-state index contributed by atoms with van der Waals surface area (Å²) < 4.78 is 38.7. The molecule has 0 atom stereocenters. The molecule has 0 saturated carbocycles. The summed E-state index contributed by atoms with van der Waals surface area (Å²) in [6.45, 7) is 9.63. The molecule has 0 radical (unpaired) electrons. The molecule has 13 heteroatoms. The zero-order chi connectivity index (χ0) is 30.6. The van der Waals surface area contributed by atoms with Crippen molar-refractivity contribution in [2.75, 3.05) is 69.0 Å². The zero-order valence-electron chi connectivity index (χ0n) is 25.1. The third-order valence-corrected chi connectivity index (χ3v) is 9.76. The number of benzene rings is 2. The third kappa shape index (κ3) is 7.50. The number of hydrogen-bond acceptors (Lipinski definition) is 10. The monoisotopic (exact) mass is 629 g/mol. The van der Waals surface area contributed by atoms with Crippen LogP contribution in [-0.4, -0.2) is 93.2 Å². The number of halogens is 1. The second kappa shape index (κ2) is 13.6. The lowest BCUT2D eigenvalue weighted by Crippen LogP contribution is -2.49. The molecule has 2 fully saturated rings. The fourth-order valence-corrected chi connectivity index (χ4v) is 6.53. The molecule has 3 aromatic rings. The maximum absolute atomic E-state index is 12.9. The molecule has 5 rings (SSSR count). The van der Waals surface area contributed by atoms with Gasteiger partial charge in [0.25, 0.3) is 0 Å². The highest BCUT2D eigenvalue weighted by Crippen LogP contribution is 2.35. The van der Waals surface area contributed by atoms with Crippen LogP contribution in [0.1, 0.15) is 26.7 Å². The summed E-state index contributed by atoms with van der Waals surface area (Å²) in [6, 6.07) is 13.3. The van der Waals surface area contributed by atoms with E-state index in [1.807, 2.05) is 19.9 Å². The number of nitrogens with one attached hydrogen (secondary N) is 2. The van der Waals surface area contributed by atoms with E-state index < -0.39 is 10.0 Å². The van der Waals surface area contributed by atoms with E-state index in [-0.39, 0.29) is 27.8 Å². The Balaban J connectivity index is 1.34. The Hall–Kier alpha value is -3.16. The number of piperidine rings is 1. The van der Waals surface area contributed by atoms with Crippen LogP contribution in [0.25, 0.3) is 0 Å². The molecule has 2 aliphatic heterocycles. The molecule has 0 amide bonds. The Bertz CT molecular complexity index is 1510. The van der Waals surface area contributed by atoms with Gasteiger partial charge in [-0.1, -0.05) is 23.7 Å². The van der Waals surface area contributed by atoms with Crippen molar-refractivity contribution in [1.82, 2.24) is 19.2 Å². The number of anilines is 5. The second-order valence-electron chi connectivity index (χ2n) is 11.1. The van der Waals surface area contributed by atoms with Gasteiger partial charge < -0.3 is 25.0 Å². The zero-order valence-corrected chi connectivity index (χ0v) is 26.7. The van der Waals surface area contributed by atoms with Crippen LogP contribution in [0, 0.1) is 0 Å². The first-order valence-electron chi connectivity index (χ1n) is 14.6. The van der Waals surface area contributed by atoms with Gasteiger partial charge in [-0.25, -0.2) is 17.7 Å². The molecule has 232 valence electrons. The quantitative estimate of drug-likeness (QED) is 0.319. The van der Waals surface area contributed by atoms with Crippen LogP contribution >= 0.6 is 11.6 Å². The number of morpholine rings is 1. The molecule has 0 spiro atoms. The van der Waals surface area contributed by atoms with Gasteiger partial charge in [0, 0.05) is 58.1 Å². The van der Waals surface area contributed by atoms with Crippen molar-refractivity contribution in [2.45, 2.75) is 43.7 Å². The van der Waals surface area contributed by atoms with Crippen LogP contribution < -0.4 is 20.3 Å². The van der Waals surface area contributed by atoms with E-state index in [1.54, 1.807) is 18.2 Å². The Labute approximate surface area is 259 Å². The van der Waals surface area contributed by atoms with E-state index >= 15 is 0 Å². The van der Waals surface area contributed by atoms with Crippen molar-refractivity contribution in [3.05, 3.63) is 53.7 Å². The van der Waals surface area contributed by atoms with Gasteiger partial charge in [-0.15, -0.1) is 0 Å². The Kier molecular flexibility index (Phi) is 9.92. The molecule has 2 N–H and O–H groups in total. The average molecular weight is 630 g/mol. The van der Waals surface area contributed by atoms with Crippen molar-refractivity contribution in [2.24, 2.45) is 0 Å². The van der Waals surface area contributed by atoms with Crippen molar-refractivity contribution in [1.29, 1.82) is 0 Å². The minimum Gasteiger partial charge on any atom is -0.489 e. The van der Waals surface area contributed by atoms with E-state index in [2.05, 4.69) is 42.5 Å². The molecule has 3 heterocycles. The predicted octanol–water partition coefficient (Wildman–Crippen LogP) is 4.96. The largest absolute Gasteiger partial charge is 0.489 e. The van der Waals surface area contributed by atoms with Crippen molar-refractivity contribution >= 4 is 50.5 Å². The van der Waals surface area contributed by atoms with Crippen LogP contribution in [0.3, 0.4) is 0 Å². The highest BCUT2D eigenvalue weighted by atomic mass is 35.5. The molecule has 1 aromatic heterocycles. The Morgan fingerprint density at radius 1 is 1.02 bits per heavy atom. The molecular formula is C30H40ClN7O4S. The lowest BCUT2D eigenvalue weighted by molar-refractivity contribution is 0.0115. The SMILES string of the molecule is CC(C)Oc1cc(N2CCC(N3CCOCC3)CC2)ccc1Nc1ncc(Cl)c(Nc2ccccc2S(=O)(=O)N(C)C)n1. The highest BCUT2D eigenvalue weighted by Gasteiger charge is 2.27. The van der Waals surface area contributed by atoms with Crippen LogP contribution in [0.4, 0.5) is 28.8 Å². The number of ether oxygens (including phenoxy) is 2. The summed E-state index contributed by atoms with van der Waals surface area (Å²) in [7, 11) is -0.723. The van der Waals surface area contributed by atoms with E-state index in [1.165, 1.54) is 26.4 Å². The summed E-state index contributed by atoms with van der Waals surface area (Å²) >= 11 is 6.43. The van der Waals surface area contributed by atoms with E-state index in [0.29, 0.717) is 23.2 Å². The molecule has 2 aliphatic rings. The number of nitrogens with zero attached hydrogens (tertiary/aromatic N) is 5. The standard InChI is InChI=1S/C30H40ClN7O4S/c1-21(2)42-27-19-23(37-13-11-22(12-14-37)38-15-17-41-18-16-38)9-10-25(27)34-30-32-20-24(31)29(35-30)33-26-7-5-6-8-28(26)43(39,40)36(3)4/h5-10,19-22H,11-18H2,1-4H3,(H2,32,33,34,35). The van der Waals surface area contributed by atoms with E-state index in [9.17, 15) is 8.42 Å². The molecule has 11 nitrogen and oxygen atoms in total. The number of para-hydroxylation sites is 1. The minimum absolute atomic E-state index is 0.0404. The van der Waals surface area contributed by atoms with Crippen molar-refractivity contribution in [3.63, 3.8) is 0 Å². The van der Waals surface area contributed by atoms with E-state index in [4.69, 9.17) is 21.1 Å².